The lowest BCUT2D eigenvalue weighted by Crippen LogP contribution is -2.49. The number of aryl methyl sites for hydroxylation is 1. The monoisotopic (exact) mass is 319 g/mol. The van der Waals surface area contributed by atoms with Crippen molar-refractivity contribution >= 4 is 11.6 Å². The highest BCUT2D eigenvalue weighted by atomic mass is 16.2. The second kappa shape index (κ2) is 7.18. The van der Waals surface area contributed by atoms with E-state index in [1.165, 1.54) is 5.56 Å². The fourth-order valence-electron chi connectivity index (χ4n) is 2.95. The van der Waals surface area contributed by atoms with Gasteiger partial charge in [0.1, 0.15) is 0 Å². The van der Waals surface area contributed by atoms with Gasteiger partial charge in [-0.2, -0.15) is 5.26 Å². The van der Waals surface area contributed by atoms with Gasteiger partial charge in [-0.3, -0.25) is 4.79 Å². The van der Waals surface area contributed by atoms with Crippen LogP contribution in [0.25, 0.3) is 0 Å². The number of carbonyl (C=O) groups is 1. The van der Waals surface area contributed by atoms with Crippen molar-refractivity contribution in [3.63, 3.8) is 0 Å². The van der Waals surface area contributed by atoms with Gasteiger partial charge in [-0.25, -0.2) is 0 Å². The molecule has 0 atom stereocenters. The number of hydrogen-bond acceptors (Lipinski definition) is 3. The molecule has 2 aromatic carbocycles. The number of benzene rings is 2. The van der Waals surface area contributed by atoms with Gasteiger partial charge in [0.05, 0.1) is 18.1 Å². The Kier molecular flexibility index (Phi) is 4.81. The lowest BCUT2D eigenvalue weighted by molar-refractivity contribution is -0.130. The largest absolute Gasteiger partial charge is 0.368 e. The third-order valence-corrected chi connectivity index (χ3v) is 4.47. The number of rotatable bonds is 3. The molecule has 24 heavy (non-hydrogen) atoms. The van der Waals surface area contributed by atoms with Crippen LogP contribution in [0, 0.1) is 18.3 Å². The molecule has 4 nitrogen and oxygen atoms in total. The van der Waals surface area contributed by atoms with E-state index in [2.05, 4.69) is 11.0 Å². The summed E-state index contributed by atoms with van der Waals surface area (Å²) in [4.78, 5) is 16.7. The van der Waals surface area contributed by atoms with Crippen LogP contribution in [0.4, 0.5) is 5.69 Å². The van der Waals surface area contributed by atoms with Crippen LogP contribution in [0.3, 0.4) is 0 Å². The van der Waals surface area contributed by atoms with Gasteiger partial charge in [0.2, 0.25) is 5.91 Å². The summed E-state index contributed by atoms with van der Waals surface area (Å²) in [5.74, 6) is 0.193. The number of hydrogen-bond donors (Lipinski definition) is 0. The van der Waals surface area contributed by atoms with Crippen LogP contribution in [0.5, 0.6) is 0 Å². The van der Waals surface area contributed by atoms with E-state index in [1.807, 2.05) is 60.4 Å². The van der Waals surface area contributed by atoms with Crippen molar-refractivity contribution in [2.75, 3.05) is 31.1 Å². The Balaban J connectivity index is 1.55. The molecule has 0 saturated carbocycles. The van der Waals surface area contributed by atoms with E-state index >= 15 is 0 Å². The molecule has 4 heteroatoms. The highest BCUT2D eigenvalue weighted by molar-refractivity contribution is 5.79. The maximum atomic E-state index is 12.5. The zero-order valence-electron chi connectivity index (χ0n) is 13.9. The highest BCUT2D eigenvalue weighted by Gasteiger charge is 2.21. The quantitative estimate of drug-likeness (QED) is 0.874. The maximum absolute atomic E-state index is 12.5. The summed E-state index contributed by atoms with van der Waals surface area (Å²) in [6.07, 6.45) is 0.469. The van der Waals surface area contributed by atoms with Crippen LogP contribution in [0.2, 0.25) is 0 Å². The smallest absolute Gasteiger partial charge is 0.227 e. The van der Waals surface area contributed by atoms with Gasteiger partial charge in [0, 0.05) is 31.9 Å². The normalized spacial score (nSPS) is 14.3. The summed E-state index contributed by atoms with van der Waals surface area (Å²) < 4.78 is 0. The maximum Gasteiger partial charge on any atom is 0.227 e. The van der Waals surface area contributed by atoms with E-state index in [-0.39, 0.29) is 5.91 Å². The summed E-state index contributed by atoms with van der Waals surface area (Å²) in [5, 5.41) is 8.86. The Morgan fingerprint density at radius 3 is 2.21 bits per heavy atom. The lowest BCUT2D eigenvalue weighted by Gasteiger charge is -2.36. The van der Waals surface area contributed by atoms with Crippen LogP contribution in [-0.4, -0.2) is 37.0 Å². The van der Waals surface area contributed by atoms with Gasteiger partial charge < -0.3 is 9.80 Å². The summed E-state index contributed by atoms with van der Waals surface area (Å²) in [5.41, 5.74) is 4.06. The van der Waals surface area contributed by atoms with Gasteiger partial charge in [-0.15, -0.1) is 0 Å². The average Bonchev–Trinajstić information content (AvgIpc) is 2.64. The molecule has 0 aliphatic carbocycles. The second-order valence-corrected chi connectivity index (χ2v) is 6.19. The molecule has 0 aromatic heterocycles. The molecule has 1 aliphatic heterocycles. The van der Waals surface area contributed by atoms with Crippen molar-refractivity contribution in [1.82, 2.24) is 4.90 Å². The molecule has 3 rings (SSSR count). The van der Waals surface area contributed by atoms with Crippen molar-refractivity contribution in [1.29, 1.82) is 5.26 Å². The number of anilines is 1. The fraction of sp³-hybridized carbons (Fsp3) is 0.300. The Morgan fingerprint density at radius 2 is 1.62 bits per heavy atom. The number of nitriles is 1. The molecular weight excluding hydrogens is 298 g/mol. The molecule has 1 fully saturated rings. The van der Waals surface area contributed by atoms with Crippen LogP contribution >= 0.6 is 0 Å². The molecule has 0 unspecified atom stereocenters. The molecule has 0 spiro atoms. The van der Waals surface area contributed by atoms with Crippen LogP contribution in [-0.2, 0) is 11.2 Å². The Morgan fingerprint density at radius 1 is 1.00 bits per heavy atom. The first-order chi connectivity index (χ1) is 11.7. The third kappa shape index (κ3) is 3.75. The van der Waals surface area contributed by atoms with E-state index in [4.69, 9.17) is 5.26 Å². The second-order valence-electron chi connectivity index (χ2n) is 6.19. The SMILES string of the molecule is Cc1ccc(CC(=O)N2CCN(c3ccc(C#N)cc3)CC2)cc1. The molecule has 1 heterocycles. The molecule has 1 saturated heterocycles. The highest BCUT2D eigenvalue weighted by Crippen LogP contribution is 2.17. The zero-order valence-corrected chi connectivity index (χ0v) is 13.9. The van der Waals surface area contributed by atoms with Crippen LogP contribution < -0.4 is 4.90 Å². The fourth-order valence-corrected chi connectivity index (χ4v) is 2.95. The van der Waals surface area contributed by atoms with Crippen molar-refractivity contribution in [2.45, 2.75) is 13.3 Å². The van der Waals surface area contributed by atoms with Gasteiger partial charge in [0.25, 0.3) is 0 Å². The molecule has 2 aromatic rings. The molecular formula is C20H21N3O. The van der Waals surface area contributed by atoms with Gasteiger partial charge in [0.15, 0.2) is 0 Å². The predicted octanol–water partition coefficient (Wildman–Crippen LogP) is 2.76. The number of nitrogens with zero attached hydrogens (tertiary/aromatic N) is 3. The molecule has 0 N–H and O–H groups in total. The topological polar surface area (TPSA) is 47.3 Å². The third-order valence-electron chi connectivity index (χ3n) is 4.47. The van der Waals surface area contributed by atoms with Crippen molar-refractivity contribution < 1.29 is 4.79 Å². The van der Waals surface area contributed by atoms with E-state index in [0.29, 0.717) is 12.0 Å². The minimum atomic E-state index is 0.193. The van der Waals surface area contributed by atoms with E-state index in [9.17, 15) is 4.79 Å². The molecule has 0 bridgehead atoms. The molecule has 1 amide bonds. The van der Waals surface area contributed by atoms with Crippen LogP contribution in [0.15, 0.2) is 48.5 Å². The van der Waals surface area contributed by atoms with E-state index in [1.54, 1.807) is 0 Å². The Labute approximate surface area is 142 Å². The predicted molar refractivity (Wildman–Crippen MR) is 94.8 cm³/mol. The number of amides is 1. The summed E-state index contributed by atoms with van der Waals surface area (Å²) in [7, 11) is 0. The zero-order chi connectivity index (χ0) is 16.9. The summed E-state index contributed by atoms with van der Waals surface area (Å²) >= 11 is 0. The summed E-state index contributed by atoms with van der Waals surface area (Å²) in [6.45, 7) is 5.18. The minimum Gasteiger partial charge on any atom is -0.368 e. The van der Waals surface area contributed by atoms with E-state index in [0.717, 1.165) is 37.4 Å². The first-order valence-electron chi connectivity index (χ1n) is 8.24. The minimum absolute atomic E-state index is 0.193. The molecule has 122 valence electrons. The lowest BCUT2D eigenvalue weighted by atomic mass is 10.1. The summed E-state index contributed by atoms with van der Waals surface area (Å²) in [6, 6.07) is 17.9. The van der Waals surface area contributed by atoms with Crippen molar-refractivity contribution in [2.24, 2.45) is 0 Å². The number of piperazine rings is 1. The average molecular weight is 319 g/mol. The first-order valence-corrected chi connectivity index (χ1v) is 8.24. The van der Waals surface area contributed by atoms with E-state index < -0.39 is 0 Å². The van der Waals surface area contributed by atoms with Crippen molar-refractivity contribution in [3.8, 4) is 6.07 Å². The molecule has 1 aliphatic rings. The Bertz CT molecular complexity index is 736. The van der Waals surface area contributed by atoms with Gasteiger partial charge in [-0.1, -0.05) is 29.8 Å². The van der Waals surface area contributed by atoms with Crippen molar-refractivity contribution in [3.05, 3.63) is 65.2 Å². The number of carbonyl (C=O) groups excluding carboxylic acids is 1. The Hall–Kier alpha value is -2.80. The standard InChI is InChI=1S/C20H21N3O/c1-16-2-4-17(5-3-16)14-20(24)23-12-10-22(11-13-23)19-8-6-18(15-21)7-9-19/h2-9H,10-14H2,1H3. The van der Waals surface area contributed by atoms with Gasteiger partial charge in [-0.05, 0) is 36.8 Å². The van der Waals surface area contributed by atoms with Crippen LogP contribution in [0.1, 0.15) is 16.7 Å². The van der Waals surface area contributed by atoms with Gasteiger partial charge >= 0.3 is 0 Å². The molecule has 0 radical (unpaired) electrons. The first kappa shape index (κ1) is 16.1.